The Labute approximate surface area is 121 Å². The molecule has 1 atom stereocenters. The van der Waals surface area contributed by atoms with Crippen LogP contribution in [0.5, 0.6) is 0 Å². The highest BCUT2D eigenvalue weighted by Gasteiger charge is 2.19. The first-order chi connectivity index (χ1) is 9.74. The molecule has 0 saturated carbocycles. The SMILES string of the molecule is CN(CCCNCC1CCC(=O)N1)Cc1ccccc1. The van der Waals surface area contributed by atoms with E-state index in [1.165, 1.54) is 5.56 Å². The summed E-state index contributed by atoms with van der Waals surface area (Å²) in [5, 5.41) is 6.40. The van der Waals surface area contributed by atoms with E-state index in [2.05, 4.69) is 52.9 Å². The highest BCUT2D eigenvalue weighted by Crippen LogP contribution is 2.05. The number of nitrogens with one attached hydrogen (secondary N) is 2. The van der Waals surface area contributed by atoms with Crippen LogP contribution in [0.4, 0.5) is 0 Å². The Morgan fingerprint density at radius 3 is 2.85 bits per heavy atom. The third kappa shape index (κ3) is 5.31. The molecule has 1 aliphatic rings. The predicted molar refractivity (Wildman–Crippen MR) is 81.4 cm³/mol. The number of nitrogens with zero attached hydrogens (tertiary/aromatic N) is 1. The second kappa shape index (κ2) is 8.02. The molecule has 1 fully saturated rings. The van der Waals surface area contributed by atoms with E-state index < -0.39 is 0 Å². The van der Waals surface area contributed by atoms with Crippen LogP contribution < -0.4 is 10.6 Å². The Morgan fingerprint density at radius 1 is 1.35 bits per heavy atom. The first kappa shape index (κ1) is 15.0. The molecule has 2 rings (SSSR count). The van der Waals surface area contributed by atoms with Gasteiger partial charge in [0.1, 0.15) is 0 Å². The van der Waals surface area contributed by atoms with Crippen molar-refractivity contribution < 1.29 is 4.79 Å². The van der Waals surface area contributed by atoms with Crippen LogP contribution >= 0.6 is 0 Å². The molecule has 1 unspecified atom stereocenters. The lowest BCUT2D eigenvalue weighted by Gasteiger charge is -2.17. The van der Waals surface area contributed by atoms with Gasteiger partial charge in [0.05, 0.1) is 0 Å². The molecule has 0 radical (unpaired) electrons. The summed E-state index contributed by atoms with van der Waals surface area (Å²) < 4.78 is 0. The van der Waals surface area contributed by atoms with Gasteiger partial charge in [-0.3, -0.25) is 4.79 Å². The molecule has 2 N–H and O–H groups in total. The number of rotatable bonds is 8. The average molecular weight is 275 g/mol. The van der Waals surface area contributed by atoms with Crippen molar-refractivity contribution in [2.75, 3.05) is 26.7 Å². The van der Waals surface area contributed by atoms with Crippen molar-refractivity contribution in [3.05, 3.63) is 35.9 Å². The van der Waals surface area contributed by atoms with Gasteiger partial charge in [-0.2, -0.15) is 0 Å². The number of amides is 1. The van der Waals surface area contributed by atoms with E-state index in [0.717, 1.165) is 39.0 Å². The zero-order valence-corrected chi connectivity index (χ0v) is 12.3. The fraction of sp³-hybridized carbons (Fsp3) is 0.562. The van der Waals surface area contributed by atoms with Crippen molar-refractivity contribution in [1.29, 1.82) is 0 Å². The Hall–Kier alpha value is -1.39. The zero-order valence-electron chi connectivity index (χ0n) is 12.3. The fourth-order valence-corrected chi connectivity index (χ4v) is 2.55. The first-order valence-corrected chi connectivity index (χ1v) is 7.46. The van der Waals surface area contributed by atoms with E-state index in [-0.39, 0.29) is 5.91 Å². The molecular weight excluding hydrogens is 250 g/mol. The van der Waals surface area contributed by atoms with Crippen molar-refractivity contribution in [3.63, 3.8) is 0 Å². The molecule has 0 bridgehead atoms. The minimum atomic E-state index is 0.194. The third-order valence-corrected chi connectivity index (χ3v) is 3.66. The lowest BCUT2D eigenvalue weighted by atomic mass is 10.2. The molecule has 1 aliphatic heterocycles. The van der Waals surface area contributed by atoms with Crippen LogP contribution in [-0.2, 0) is 11.3 Å². The smallest absolute Gasteiger partial charge is 0.220 e. The topological polar surface area (TPSA) is 44.4 Å². The quantitative estimate of drug-likeness (QED) is 0.705. The van der Waals surface area contributed by atoms with Gasteiger partial charge in [-0.25, -0.2) is 0 Å². The van der Waals surface area contributed by atoms with Gasteiger partial charge in [-0.05, 0) is 38.5 Å². The Bertz CT molecular complexity index is 407. The number of carbonyl (C=O) groups excluding carboxylic acids is 1. The van der Waals surface area contributed by atoms with E-state index >= 15 is 0 Å². The Kier molecular flexibility index (Phi) is 6.02. The zero-order chi connectivity index (χ0) is 14.2. The van der Waals surface area contributed by atoms with E-state index in [1.54, 1.807) is 0 Å². The van der Waals surface area contributed by atoms with Gasteiger partial charge >= 0.3 is 0 Å². The Balaban J connectivity index is 1.51. The molecule has 0 aliphatic carbocycles. The molecule has 0 aromatic heterocycles. The number of hydrogen-bond donors (Lipinski definition) is 2. The number of carbonyl (C=O) groups is 1. The summed E-state index contributed by atoms with van der Waals surface area (Å²) in [6.45, 7) is 3.98. The van der Waals surface area contributed by atoms with Crippen LogP contribution in [-0.4, -0.2) is 43.5 Å². The molecule has 1 saturated heterocycles. The van der Waals surface area contributed by atoms with E-state index in [4.69, 9.17) is 0 Å². The fourth-order valence-electron chi connectivity index (χ4n) is 2.55. The summed E-state index contributed by atoms with van der Waals surface area (Å²) in [4.78, 5) is 13.4. The van der Waals surface area contributed by atoms with Crippen molar-refractivity contribution in [2.24, 2.45) is 0 Å². The molecular formula is C16H25N3O. The average Bonchev–Trinajstić information content (AvgIpc) is 2.85. The second-order valence-electron chi connectivity index (χ2n) is 5.58. The highest BCUT2D eigenvalue weighted by molar-refractivity contribution is 5.78. The highest BCUT2D eigenvalue weighted by atomic mass is 16.1. The van der Waals surface area contributed by atoms with Gasteiger partial charge in [0, 0.05) is 25.6 Å². The summed E-state index contributed by atoms with van der Waals surface area (Å²) in [7, 11) is 2.16. The van der Waals surface area contributed by atoms with E-state index in [1.807, 2.05) is 0 Å². The van der Waals surface area contributed by atoms with Crippen LogP contribution in [0.3, 0.4) is 0 Å². The maximum Gasteiger partial charge on any atom is 0.220 e. The standard InChI is InChI=1S/C16H25N3O/c1-19(13-14-6-3-2-4-7-14)11-5-10-17-12-15-8-9-16(20)18-15/h2-4,6-7,15,17H,5,8-13H2,1H3,(H,18,20). The lowest BCUT2D eigenvalue weighted by Crippen LogP contribution is -2.36. The van der Waals surface area contributed by atoms with Gasteiger partial charge in [0.15, 0.2) is 0 Å². The van der Waals surface area contributed by atoms with Crippen molar-refractivity contribution >= 4 is 5.91 Å². The molecule has 1 heterocycles. The lowest BCUT2D eigenvalue weighted by molar-refractivity contribution is -0.119. The van der Waals surface area contributed by atoms with Crippen molar-refractivity contribution in [3.8, 4) is 0 Å². The van der Waals surface area contributed by atoms with Crippen LogP contribution in [0, 0.1) is 0 Å². The molecule has 4 nitrogen and oxygen atoms in total. The minimum absolute atomic E-state index is 0.194. The second-order valence-corrected chi connectivity index (χ2v) is 5.58. The number of hydrogen-bond acceptors (Lipinski definition) is 3. The normalized spacial score (nSPS) is 18.5. The van der Waals surface area contributed by atoms with Crippen molar-refractivity contribution in [1.82, 2.24) is 15.5 Å². The van der Waals surface area contributed by atoms with Crippen LogP contribution in [0.2, 0.25) is 0 Å². The molecule has 110 valence electrons. The minimum Gasteiger partial charge on any atom is -0.352 e. The monoisotopic (exact) mass is 275 g/mol. The van der Waals surface area contributed by atoms with Gasteiger partial charge in [0.25, 0.3) is 0 Å². The first-order valence-electron chi connectivity index (χ1n) is 7.46. The third-order valence-electron chi connectivity index (χ3n) is 3.66. The molecule has 20 heavy (non-hydrogen) atoms. The molecule has 4 heteroatoms. The molecule has 0 spiro atoms. The van der Waals surface area contributed by atoms with Crippen molar-refractivity contribution in [2.45, 2.75) is 31.8 Å². The predicted octanol–water partition coefficient (Wildman–Crippen LogP) is 1.38. The molecule has 1 amide bonds. The van der Waals surface area contributed by atoms with Crippen LogP contribution in [0.25, 0.3) is 0 Å². The number of benzene rings is 1. The van der Waals surface area contributed by atoms with Gasteiger partial charge in [-0.15, -0.1) is 0 Å². The summed E-state index contributed by atoms with van der Waals surface area (Å²) in [6.07, 6.45) is 2.79. The summed E-state index contributed by atoms with van der Waals surface area (Å²) in [5.74, 6) is 0.194. The van der Waals surface area contributed by atoms with Crippen LogP contribution in [0.15, 0.2) is 30.3 Å². The van der Waals surface area contributed by atoms with E-state index in [0.29, 0.717) is 12.5 Å². The van der Waals surface area contributed by atoms with Gasteiger partial charge < -0.3 is 15.5 Å². The Morgan fingerprint density at radius 2 is 2.15 bits per heavy atom. The maximum absolute atomic E-state index is 11.1. The van der Waals surface area contributed by atoms with Gasteiger partial charge in [-0.1, -0.05) is 30.3 Å². The molecule has 1 aromatic rings. The molecule has 1 aromatic carbocycles. The summed E-state index contributed by atoms with van der Waals surface area (Å²) >= 11 is 0. The largest absolute Gasteiger partial charge is 0.352 e. The van der Waals surface area contributed by atoms with Gasteiger partial charge in [0.2, 0.25) is 5.91 Å². The summed E-state index contributed by atoms with van der Waals surface area (Å²) in [6, 6.07) is 10.9. The summed E-state index contributed by atoms with van der Waals surface area (Å²) in [5.41, 5.74) is 1.36. The maximum atomic E-state index is 11.1. The van der Waals surface area contributed by atoms with Crippen LogP contribution in [0.1, 0.15) is 24.8 Å². The van der Waals surface area contributed by atoms with E-state index in [9.17, 15) is 4.79 Å².